The maximum atomic E-state index is 9.41. The summed E-state index contributed by atoms with van der Waals surface area (Å²) < 4.78 is 0. The molecule has 0 aliphatic heterocycles. The third kappa shape index (κ3) is 3.89. The van der Waals surface area contributed by atoms with Crippen molar-refractivity contribution < 1.29 is 0 Å². The van der Waals surface area contributed by atoms with Crippen LogP contribution in [-0.2, 0) is 5.41 Å². The van der Waals surface area contributed by atoms with Crippen molar-refractivity contribution >= 4 is 33.8 Å². The average Bonchev–Trinajstić information content (AvgIpc) is 3.65. The van der Waals surface area contributed by atoms with Crippen LogP contribution in [0.2, 0.25) is 0 Å². The predicted molar refractivity (Wildman–Crippen MR) is 154 cm³/mol. The van der Waals surface area contributed by atoms with Gasteiger partial charge in [-0.2, -0.15) is 0 Å². The van der Waals surface area contributed by atoms with Crippen LogP contribution in [0, 0.1) is 35.8 Å². The number of rotatable bonds is 2. The zero-order valence-corrected chi connectivity index (χ0v) is 22.8. The molecule has 1 saturated carbocycles. The fourth-order valence-electron chi connectivity index (χ4n) is 6.73. The Bertz CT molecular complexity index is 1490. The summed E-state index contributed by atoms with van der Waals surface area (Å²) in [6.45, 7) is 14.8. The molecule has 38 heavy (non-hydrogen) atoms. The second-order valence-corrected chi connectivity index (χ2v) is 12.7. The Kier molecular flexibility index (Phi) is 6.41. The molecule has 0 unspecified atom stereocenters. The molecule has 186 valence electrons. The van der Waals surface area contributed by atoms with E-state index in [-0.39, 0.29) is 16.8 Å². The quantitative estimate of drug-likeness (QED) is 0.287. The van der Waals surface area contributed by atoms with Crippen LogP contribution in [0.25, 0.3) is 30.6 Å². The molecule has 1 fully saturated rings. The summed E-state index contributed by atoms with van der Waals surface area (Å²) in [4.78, 5) is 12.3. The molecule has 6 rings (SSSR count). The van der Waals surface area contributed by atoms with E-state index in [0.29, 0.717) is 0 Å². The van der Waals surface area contributed by atoms with Gasteiger partial charge < -0.3 is 0 Å². The smallest absolute Gasteiger partial charge is 0.226 e. The van der Waals surface area contributed by atoms with Gasteiger partial charge in [-0.3, -0.25) is 0 Å². The Morgan fingerprint density at radius 2 is 1.18 bits per heavy atom. The van der Waals surface area contributed by atoms with Gasteiger partial charge in [0.1, 0.15) is 0 Å². The zero-order valence-electron chi connectivity index (χ0n) is 21.2. The van der Waals surface area contributed by atoms with Gasteiger partial charge in [0.2, 0.25) is 0 Å². The summed E-state index contributed by atoms with van der Waals surface area (Å²) in [6.07, 6.45) is 15.9. The molecule has 2 heterocycles. The molecule has 4 nitrogen and oxygen atoms in total. The molecule has 0 N–H and O–H groups in total. The van der Waals surface area contributed by atoms with E-state index in [1.807, 2.05) is 22.7 Å². The van der Waals surface area contributed by atoms with E-state index in [1.54, 1.807) is 0 Å². The van der Waals surface area contributed by atoms with Crippen molar-refractivity contribution in [2.45, 2.75) is 76.0 Å². The lowest BCUT2D eigenvalue weighted by molar-refractivity contribution is 0.353. The standard InChI is InChI=1S/C32H26N4S2/c1-35-26(18-33)20-8-6-10-22(14-20)28-16-24-30(37-28)31-25(32(24)12-4-3-5-13-32)17-29(38-31)23-11-7-9-21(15-23)27(19-34)36-2/h14-17H,3-13H2/b26-20-,27-21+. The lowest BCUT2D eigenvalue weighted by Crippen LogP contribution is -2.27. The second kappa shape index (κ2) is 9.89. The number of hydrogen-bond donors (Lipinski definition) is 0. The monoisotopic (exact) mass is 530 g/mol. The summed E-state index contributed by atoms with van der Waals surface area (Å²) in [6, 6.07) is 9.05. The molecule has 1 spiro atoms. The topological polar surface area (TPSA) is 56.3 Å². The molecular formula is C32H26N4S2. The van der Waals surface area contributed by atoms with Gasteiger partial charge in [-0.05, 0) is 96.9 Å². The summed E-state index contributed by atoms with van der Waals surface area (Å²) in [5.41, 5.74) is 7.81. The first-order valence-electron chi connectivity index (χ1n) is 13.3. The van der Waals surface area contributed by atoms with E-state index < -0.39 is 0 Å². The highest BCUT2D eigenvalue weighted by Crippen LogP contribution is 2.62. The maximum absolute atomic E-state index is 9.41. The molecule has 0 atom stereocenters. The van der Waals surface area contributed by atoms with Gasteiger partial charge in [0.15, 0.2) is 0 Å². The van der Waals surface area contributed by atoms with Crippen LogP contribution in [0.5, 0.6) is 0 Å². The Hall–Kier alpha value is -3.68. The third-order valence-corrected chi connectivity index (χ3v) is 11.2. The van der Waals surface area contributed by atoms with E-state index in [2.05, 4.69) is 46.1 Å². The van der Waals surface area contributed by atoms with Crippen LogP contribution in [-0.4, -0.2) is 0 Å². The highest BCUT2D eigenvalue weighted by Gasteiger charge is 2.46. The zero-order chi connectivity index (χ0) is 26.3. The molecule has 2 aromatic rings. The Morgan fingerprint density at radius 3 is 1.61 bits per heavy atom. The number of thiophene rings is 2. The first-order chi connectivity index (χ1) is 18.6. The SMILES string of the molecule is [C-]#[N+]/C(C#N)=C1\C=C(c2cc3c(s2)-c2sc(C4=C/C(=C(\C#N)[N+]#[C-])CCC4)cc2C32CCCCC2)CCC1. The summed E-state index contributed by atoms with van der Waals surface area (Å²) in [7, 11) is 0. The van der Waals surface area contributed by atoms with Crippen molar-refractivity contribution in [2.24, 2.45) is 0 Å². The molecule has 4 aliphatic rings. The van der Waals surface area contributed by atoms with Crippen LogP contribution in [0.3, 0.4) is 0 Å². The van der Waals surface area contributed by atoms with E-state index in [9.17, 15) is 10.5 Å². The van der Waals surface area contributed by atoms with Gasteiger partial charge in [-0.1, -0.05) is 31.4 Å². The van der Waals surface area contributed by atoms with Crippen molar-refractivity contribution in [3.8, 4) is 21.9 Å². The molecule has 4 aliphatic carbocycles. The Labute approximate surface area is 232 Å². The van der Waals surface area contributed by atoms with Gasteiger partial charge in [0, 0.05) is 24.9 Å². The summed E-state index contributed by atoms with van der Waals surface area (Å²) in [5, 5.41) is 18.8. The van der Waals surface area contributed by atoms with Crippen molar-refractivity contribution in [2.75, 3.05) is 0 Å². The lowest BCUT2D eigenvalue weighted by atomic mass is 9.68. The minimum Gasteiger partial charge on any atom is -0.226 e. The molecule has 0 amide bonds. The minimum absolute atomic E-state index is 0.0802. The molecule has 0 bridgehead atoms. The molecule has 0 radical (unpaired) electrons. The van der Waals surface area contributed by atoms with Gasteiger partial charge in [0.25, 0.3) is 11.4 Å². The minimum atomic E-state index is 0.0802. The van der Waals surface area contributed by atoms with E-state index in [0.717, 1.165) is 49.7 Å². The van der Waals surface area contributed by atoms with Crippen molar-refractivity contribution in [1.82, 2.24) is 0 Å². The van der Waals surface area contributed by atoms with Crippen LogP contribution < -0.4 is 0 Å². The summed E-state index contributed by atoms with van der Waals surface area (Å²) >= 11 is 3.78. The normalized spacial score (nSPS) is 22.1. The third-order valence-electron chi connectivity index (χ3n) is 8.57. The second-order valence-electron chi connectivity index (χ2n) is 10.6. The number of hydrogen-bond acceptors (Lipinski definition) is 4. The Morgan fingerprint density at radius 1 is 0.711 bits per heavy atom. The molecule has 6 heteroatoms. The highest BCUT2D eigenvalue weighted by molar-refractivity contribution is 7.23. The highest BCUT2D eigenvalue weighted by atomic mass is 32.1. The van der Waals surface area contributed by atoms with E-state index >= 15 is 0 Å². The maximum Gasteiger partial charge on any atom is 0.265 e. The number of nitrogens with zero attached hydrogens (tertiary/aromatic N) is 4. The number of nitriles is 2. The number of fused-ring (bicyclic) bond motifs is 5. The van der Waals surface area contributed by atoms with Crippen LogP contribution in [0.1, 0.15) is 91.5 Å². The summed E-state index contributed by atoms with van der Waals surface area (Å²) in [5.74, 6) is 0. The molecule has 2 aromatic heterocycles. The van der Waals surface area contributed by atoms with Crippen molar-refractivity contribution in [3.63, 3.8) is 0 Å². The van der Waals surface area contributed by atoms with E-state index in [4.69, 9.17) is 13.1 Å². The fourth-order valence-corrected chi connectivity index (χ4v) is 9.49. The average molecular weight is 531 g/mol. The first kappa shape index (κ1) is 24.6. The van der Waals surface area contributed by atoms with Gasteiger partial charge in [-0.15, -0.1) is 22.7 Å². The Balaban J connectivity index is 1.46. The first-order valence-corrected chi connectivity index (χ1v) is 15.0. The number of allylic oxidation sites excluding steroid dienone is 8. The van der Waals surface area contributed by atoms with Gasteiger partial charge in [0.05, 0.1) is 25.3 Å². The van der Waals surface area contributed by atoms with Crippen LogP contribution >= 0.6 is 22.7 Å². The van der Waals surface area contributed by atoms with Crippen LogP contribution in [0.4, 0.5) is 0 Å². The molecule has 0 aromatic carbocycles. The largest absolute Gasteiger partial charge is 0.265 e. The van der Waals surface area contributed by atoms with Gasteiger partial charge >= 0.3 is 0 Å². The molecule has 0 saturated heterocycles. The van der Waals surface area contributed by atoms with Crippen molar-refractivity contribution in [3.05, 3.63) is 90.5 Å². The van der Waals surface area contributed by atoms with E-state index in [1.165, 1.54) is 73.9 Å². The lowest BCUT2D eigenvalue weighted by Gasteiger charge is -2.34. The van der Waals surface area contributed by atoms with Crippen LogP contribution in [0.15, 0.2) is 46.8 Å². The van der Waals surface area contributed by atoms with Crippen molar-refractivity contribution in [1.29, 1.82) is 10.5 Å². The predicted octanol–water partition coefficient (Wildman–Crippen LogP) is 9.57. The molecular weight excluding hydrogens is 505 g/mol. The fraction of sp³-hybridized carbons (Fsp3) is 0.375. The van der Waals surface area contributed by atoms with Gasteiger partial charge in [-0.25, -0.2) is 20.2 Å².